The first-order valence-corrected chi connectivity index (χ1v) is 4.50. The minimum atomic E-state index is -0.117. The average molecular weight is 184 g/mol. The van der Waals surface area contributed by atoms with Gasteiger partial charge in [-0.2, -0.15) is 0 Å². The van der Waals surface area contributed by atoms with Gasteiger partial charge in [-0.05, 0) is 24.5 Å². The van der Waals surface area contributed by atoms with Crippen LogP contribution in [-0.4, -0.2) is 12.2 Å². The summed E-state index contributed by atoms with van der Waals surface area (Å²) in [4.78, 5) is 0. The number of aliphatic hydroxyl groups excluding tert-OH is 1. The van der Waals surface area contributed by atoms with Gasteiger partial charge in [0.2, 0.25) is 0 Å². The largest absolute Gasteiger partial charge is 0.400 e. The van der Waals surface area contributed by atoms with E-state index in [9.17, 15) is 4.39 Å². The maximum atomic E-state index is 12.8. The zero-order valence-electron chi connectivity index (χ0n) is 8.20. The van der Waals surface area contributed by atoms with Crippen molar-refractivity contribution in [3.8, 4) is 0 Å². The van der Waals surface area contributed by atoms with E-state index < -0.39 is 0 Å². The normalized spacial score (nSPS) is 20.0. The summed E-state index contributed by atoms with van der Waals surface area (Å²) in [5.41, 5.74) is 0. The molecule has 1 nitrogen and oxygen atoms in total. The molecule has 0 bridgehead atoms. The lowest BCUT2D eigenvalue weighted by atomic mass is 10.0. The van der Waals surface area contributed by atoms with Gasteiger partial charge in [0.15, 0.2) is 0 Å². The van der Waals surface area contributed by atoms with Crippen LogP contribution in [0, 0.1) is 5.92 Å². The fourth-order valence-electron chi connectivity index (χ4n) is 1.18. The molecule has 0 aromatic heterocycles. The molecule has 1 aliphatic rings. The molecule has 0 aromatic rings. The molecule has 0 heterocycles. The first-order valence-electron chi connectivity index (χ1n) is 4.50. The van der Waals surface area contributed by atoms with Gasteiger partial charge >= 0.3 is 0 Å². The predicted molar refractivity (Wildman–Crippen MR) is 54.0 cm³/mol. The summed E-state index contributed by atoms with van der Waals surface area (Å²) in [6, 6.07) is 0. The van der Waals surface area contributed by atoms with E-state index in [1.807, 2.05) is 12.2 Å². The lowest BCUT2D eigenvalue weighted by Gasteiger charge is -2.02. The second-order valence-electron chi connectivity index (χ2n) is 2.75. The Kier molecular flexibility index (Phi) is 7.21. The van der Waals surface area contributed by atoms with Gasteiger partial charge in [-0.25, -0.2) is 4.39 Å². The van der Waals surface area contributed by atoms with Crippen molar-refractivity contribution < 1.29 is 9.50 Å². The molecule has 1 rings (SSSR count). The van der Waals surface area contributed by atoms with Gasteiger partial charge in [-0.15, -0.1) is 0 Å². The van der Waals surface area contributed by atoms with E-state index in [2.05, 4.69) is 6.92 Å². The minimum absolute atomic E-state index is 0.117. The SMILES string of the molecule is CCCC1C=CC=CC(F)=C1.CO. The van der Waals surface area contributed by atoms with E-state index in [4.69, 9.17) is 5.11 Å². The Morgan fingerprint density at radius 1 is 1.38 bits per heavy atom. The van der Waals surface area contributed by atoms with Gasteiger partial charge in [0.05, 0.1) is 0 Å². The highest BCUT2D eigenvalue weighted by Gasteiger charge is 2.02. The molecule has 0 aromatic carbocycles. The van der Waals surface area contributed by atoms with Crippen LogP contribution in [0.5, 0.6) is 0 Å². The molecule has 0 spiro atoms. The molecule has 0 aliphatic heterocycles. The van der Waals surface area contributed by atoms with Crippen molar-refractivity contribution in [2.45, 2.75) is 19.8 Å². The molecule has 1 aliphatic carbocycles. The van der Waals surface area contributed by atoms with Crippen LogP contribution in [0.4, 0.5) is 4.39 Å². The van der Waals surface area contributed by atoms with Crippen LogP contribution in [0.25, 0.3) is 0 Å². The van der Waals surface area contributed by atoms with Gasteiger partial charge in [0.25, 0.3) is 0 Å². The summed E-state index contributed by atoms with van der Waals surface area (Å²) < 4.78 is 12.8. The molecule has 1 N–H and O–H groups in total. The van der Waals surface area contributed by atoms with Crippen LogP contribution in [0.1, 0.15) is 19.8 Å². The monoisotopic (exact) mass is 184 g/mol. The number of hydrogen-bond donors (Lipinski definition) is 1. The van der Waals surface area contributed by atoms with Crippen molar-refractivity contribution in [3.63, 3.8) is 0 Å². The zero-order chi connectivity index (χ0) is 10.1. The smallest absolute Gasteiger partial charge is 0.119 e. The molecule has 13 heavy (non-hydrogen) atoms. The highest BCUT2D eigenvalue weighted by Crippen LogP contribution is 2.16. The third-order valence-corrected chi connectivity index (χ3v) is 1.72. The molecule has 2 heteroatoms. The highest BCUT2D eigenvalue weighted by atomic mass is 19.1. The second-order valence-corrected chi connectivity index (χ2v) is 2.75. The Bertz CT molecular complexity index is 204. The van der Waals surface area contributed by atoms with Gasteiger partial charge in [-0.3, -0.25) is 0 Å². The molecule has 0 saturated heterocycles. The predicted octanol–water partition coefficient (Wildman–Crippen LogP) is 2.99. The van der Waals surface area contributed by atoms with E-state index in [-0.39, 0.29) is 11.7 Å². The van der Waals surface area contributed by atoms with Crippen LogP contribution in [-0.2, 0) is 0 Å². The van der Waals surface area contributed by atoms with Crippen molar-refractivity contribution in [3.05, 3.63) is 36.2 Å². The third-order valence-electron chi connectivity index (χ3n) is 1.72. The van der Waals surface area contributed by atoms with Gasteiger partial charge in [-0.1, -0.05) is 31.6 Å². The topological polar surface area (TPSA) is 20.2 Å². The van der Waals surface area contributed by atoms with Crippen molar-refractivity contribution in [2.75, 3.05) is 7.11 Å². The van der Waals surface area contributed by atoms with Crippen LogP contribution in [0.15, 0.2) is 36.2 Å². The molecule has 0 fully saturated rings. The summed E-state index contributed by atoms with van der Waals surface area (Å²) in [6.45, 7) is 2.11. The highest BCUT2D eigenvalue weighted by molar-refractivity contribution is 5.23. The Balaban J connectivity index is 0.000000671. The summed E-state index contributed by atoms with van der Waals surface area (Å²) in [7, 11) is 1.00. The molecule has 0 amide bonds. The number of rotatable bonds is 2. The van der Waals surface area contributed by atoms with E-state index in [0.29, 0.717) is 0 Å². The van der Waals surface area contributed by atoms with E-state index in [0.717, 1.165) is 20.0 Å². The lowest BCUT2D eigenvalue weighted by molar-refractivity contribution is 0.399. The van der Waals surface area contributed by atoms with Crippen LogP contribution >= 0.6 is 0 Å². The number of allylic oxidation sites excluding steroid dienone is 6. The first-order chi connectivity index (χ1) is 6.33. The quantitative estimate of drug-likeness (QED) is 0.699. The van der Waals surface area contributed by atoms with Crippen LogP contribution in [0.2, 0.25) is 0 Å². The summed E-state index contributed by atoms with van der Waals surface area (Å²) in [5.74, 6) is 0.170. The molecule has 74 valence electrons. The molecule has 0 radical (unpaired) electrons. The van der Waals surface area contributed by atoms with Crippen molar-refractivity contribution in [1.29, 1.82) is 0 Å². The molecular formula is C11H17FO. The fourth-order valence-corrected chi connectivity index (χ4v) is 1.18. The van der Waals surface area contributed by atoms with E-state index in [1.165, 1.54) is 6.08 Å². The Morgan fingerprint density at radius 2 is 2.08 bits per heavy atom. The number of hydrogen-bond acceptors (Lipinski definition) is 1. The van der Waals surface area contributed by atoms with E-state index >= 15 is 0 Å². The zero-order valence-corrected chi connectivity index (χ0v) is 8.20. The van der Waals surface area contributed by atoms with Crippen LogP contribution < -0.4 is 0 Å². The Morgan fingerprint density at radius 3 is 2.69 bits per heavy atom. The minimum Gasteiger partial charge on any atom is -0.400 e. The number of aliphatic hydroxyl groups is 1. The van der Waals surface area contributed by atoms with Gasteiger partial charge in [0, 0.05) is 7.11 Å². The van der Waals surface area contributed by atoms with Crippen molar-refractivity contribution in [2.24, 2.45) is 5.92 Å². The molecular weight excluding hydrogens is 167 g/mol. The summed E-state index contributed by atoms with van der Waals surface area (Å²) in [6.07, 6.45) is 11.0. The molecule has 1 atom stereocenters. The maximum Gasteiger partial charge on any atom is 0.119 e. The second kappa shape index (κ2) is 7.74. The molecule has 0 saturated carbocycles. The van der Waals surface area contributed by atoms with Crippen molar-refractivity contribution in [1.82, 2.24) is 0 Å². The van der Waals surface area contributed by atoms with Gasteiger partial charge in [0.1, 0.15) is 5.83 Å². The maximum absolute atomic E-state index is 12.8. The molecule has 1 unspecified atom stereocenters. The summed E-state index contributed by atoms with van der Waals surface area (Å²) >= 11 is 0. The van der Waals surface area contributed by atoms with E-state index in [1.54, 1.807) is 12.2 Å². The Hall–Kier alpha value is -0.890. The average Bonchev–Trinajstić information content (AvgIpc) is 2.34. The lowest BCUT2D eigenvalue weighted by Crippen LogP contribution is -1.89. The van der Waals surface area contributed by atoms with Crippen molar-refractivity contribution >= 4 is 0 Å². The van der Waals surface area contributed by atoms with Crippen LogP contribution in [0.3, 0.4) is 0 Å². The third kappa shape index (κ3) is 5.36. The standard InChI is InChI=1S/C10H13F.CH4O/c1-2-5-9-6-3-4-7-10(11)8-9;1-2/h3-4,6-9H,2,5H2,1H3;2H,1H3. The first kappa shape index (κ1) is 12.1. The fraction of sp³-hybridized carbons (Fsp3) is 0.455. The number of halogens is 1. The Labute approximate surface area is 79.3 Å². The van der Waals surface area contributed by atoms with Gasteiger partial charge < -0.3 is 5.11 Å². The summed E-state index contributed by atoms with van der Waals surface area (Å²) in [5, 5.41) is 7.00.